The van der Waals surface area contributed by atoms with Gasteiger partial charge < -0.3 is 9.84 Å². The van der Waals surface area contributed by atoms with Crippen molar-refractivity contribution < 1.29 is 14.6 Å². The predicted molar refractivity (Wildman–Crippen MR) is 142 cm³/mol. The minimum Gasteiger partial charge on any atom is -0.465 e. The van der Waals surface area contributed by atoms with Crippen LogP contribution in [0.5, 0.6) is 0 Å². The largest absolute Gasteiger partial charge is 0.465 e. The zero-order valence-corrected chi connectivity index (χ0v) is 23.7. The summed E-state index contributed by atoms with van der Waals surface area (Å²) >= 11 is 0. The molecule has 0 aromatic rings. The number of allylic oxidation sites excluding steroid dienone is 4. The van der Waals surface area contributed by atoms with E-state index in [-0.39, 0.29) is 44.6 Å². The Balaban J connectivity index is 1.58. The number of hydrogen-bond donors (Lipinski definition) is 1. The van der Waals surface area contributed by atoms with Gasteiger partial charge in [-0.05, 0) is 102 Å². The Morgan fingerprint density at radius 3 is 2.34 bits per heavy atom. The van der Waals surface area contributed by atoms with Crippen LogP contribution in [0.3, 0.4) is 0 Å². The van der Waals surface area contributed by atoms with Gasteiger partial charge in [0.15, 0.2) is 0 Å². The van der Waals surface area contributed by atoms with Gasteiger partial charge in [0.25, 0.3) is 0 Å². The fraction of sp³-hybridized carbons (Fsp3) is 0.844. The third-order valence-electron chi connectivity index (χ3n) is 12.9. The van der Waals surface area contributed by atoms with Crippen molar-refractivity contribution in [2.45, 2.75) is 119 Å². The van der Waals surface area contributed by atoms with Crippen LogP contribution in [0, 0.1) is 44.3 Å². The van der Waals surface area contributed by atoms with Gasteiger partial charge in [-0.15, -0.1) is 0 Å². The summed E-state index contributed by atoms with van der Waals surface area (Å²) in [4.78, 5) is 11.6. The van der Waals surface area contributed by atoms with Gasteiger partial charge in [-0.3, -0.25) is 4.79 Å². The Bertz CT molecular complexity index is 975. The van der Waals surface area contributed by atoms with Crippen LogP contribution in [0.1, 0.15) is 113 Å². The molecule has 5 rings (SSSR count). The van der Waals surface area contributed by atoms with E-state index in [4.69, 9.17) is 4.74 Å². The molecule has 3 saturated carbocycles. The van der Waals surface area contributed by atoms with E-state index >= 15 is 0 Å². The van der Waals surface area contributed by atoms with Crippen molar-refractivity contribution in [2.75, 3.05) is 6.61 Å². The third kappa shape index (κ3) is 3.42. The van der Waals surface area contributed by atoms with E-state index in [9.17, 15) is 9.90 Å². The van der Waals surface area contributed by atoms with Gasteiger partial charge in [-0.1, -0.05) is 66.2 Å². The topological polar surface area (TPSA) is 46.5 Å². The highest BCUT2D eigenvalue weighted by Gasteiger charge is 2.66. The number of hydrogen-bond acceptors (Lipinski definition) is 3. The van der Waals surface area contributed by atoms with E-state index in [1.54, 1.807) is 11.1 Å². The smallest absolute Gasteiger partial charge is 0.302 e. The van der Waals surface area contributed by atoms with Crippen molar-refractivity contribution in [3.8, 4) is 0 Å². The van der Waals surface area contributed by atoms with Gasteiger partial charge in [0.05, 0.1) is 12.7 Å². The number of carbonyl (C=O) groups excluding carboxylic acids is 1. The first-order chi connectivity index (χ1) is 16.1. The molecule has 35 heavy (non-hydrogen) atoms. The summed E-state index contributed by atoms with van der Waals surface area (Å²) in [5.74, 6) is 0.953. The number of aliphatic hydroxyl groups is 1. The van der Waals surface area contributed by atoms with Crippen molar-refractivity contribution in [3.63, 3.8) is 0 Å². The highest BCUT2D eigenvalue weighted by Crippen LogP contribution is 2.74. The lowest BCUT2D eigenvalue weighted by Crippen LogP contribution is -2.63. The first kappa shape index (κ1) is 25.6. The summed E-state index contributed by atoms with van der Waals surface area (Å²) in [6.07, 6.45) is 15.4. The number of rotatable bonds is 2. The van der Waals surface area contributed by atoms with E-state index in [1.807, 2.05) is 0 Å². The highest BCUT2D eigenvalue weighted by molar-refractivity contribution is 5.65. The minimum atomic E-state index is -0.182. The molecule has 1 N–H and O–H groups in total. The van der Waals surface area contributed by atoms with Crippen molar-refractivity contribution in [1.29, 1.82) is 0 Å². The molecule has 0 unspecified atom stereocenters. The number of carbonyl (C=O) groups is 1. The number of ether oxygens (including phenoxy) is 1. The normalized spacial score (nSPS) is 50.5. The number of fused-ring (bicyclic) bond motifs is 6. The lowest BCUT2D eigenvalue weighted by molar-refractivity contribution is -0.182. The molecule has 3 fully saturated rings. The predicted octanol–water partition coefficient (Wildman–Crippen LogP) is 7.63. The summed E-state index contributed by atoms with van der Waals surface area (Å²) in [5.41, 5.74) is 4.22. The van der Waals surface area contributed by atoms with Gasteiger partial charge >= 0.3 is 5.97 Å². The van der Waals surface area contributed by atoms with Crippen LogP contribution >= 0.6 is 0 Å². The molecular weight excluding hydrogens is 432 g/mol. The number of esters is 1. The summed E-state index contributed by atoms with van der Waals surface area (Å²) < 4.78 is 5.56. The quantitative estimate of drug-likeness (QED) is 0.412. The highest BCUT2D eigenvalue weighted by atomic mass is 16.5. The Kier molecular flexibility index (Phi) is 5.63. The fourth-order valence-corrected chi connectivity index (χ4v) is 10.1. The van der Waals surface area contributed by atoms with E-state index in [2.05, 4.69) is 60.6 Å². The molecule has 5 aliphatic rings. The second kappa shape index (κ2) is 7.71. The second-order valence-electron chi connectivity index (χ2n) is 15.3. The van der Waals surface area contributed by atoms with Crippen LogP contribution in [0.2, 0.25) is 0 Å². The standard InChI is InChI=1S/C32H50O3/c1-21(33)35-20-28(4)15-16-29(5)17-18-31(7)22(23(29)19-28)9-10-25-30(6)13-12-26(34)27(2,3)24(30)11-14-32(25,31)8/h9-10,24-26,34H,11-20H2,1-8H3/t24-,25+,26-,28-,29+,30-,31+,32+/m0/s1. The molecule has 0 aliphatic heterocycles. The molecule has 196 valence electrons. The maximum atomic E-state index is 11.6. The van der Waals surface area contributed by atoms with Gasteiger partial charge in [0.2, 0.25) is 0 Å². The summed E-state index contributed by atoms with van der Waals surface area (Å²) in [6, 6.07) is 0. The average molecular weight is 483 g/mol. The van der Waals surface area contributed by atoms with E-state index < -0.39 is 0 Å². The van der Waals surface area contributed by atoms with Crippen LogP contribution in [0.4, 0.5) is 0 Å². The maximum Gasteiger partial charge on any atom is 0.302 e. The van der Waals surface area contributed by atoms with E-state index in [0.717, 1.165) is 25.7 Å². The monoisotopic (exact) mass is 482 g/mol. The Morgan fingerprint density at radius 2 is 1.66 bits per heavy atom. The Labute approximate surface area is 214 Å². The fourth-order valence-electron chi connectivity index (χ4n) is 10.1. The van der Waals surface area contributed by atoms with Crippen molar-refractivity contribution in [3.05, 3.63) is 23.3 Å². The zero-order valence-electron chi connectivity index (χ0n) is 23.7. The van der Waals surface area contributed by atoms with Crippen LogP contribution < -0.4 is 0 Å². The molecule has 0 saturated heterocycles. The van der Waals surface area contributed by atoms with Crippen molar-refractivity contribution in [1.82, 2.24) is 0 Å². The number of aliphatic hydroxyl groups excluding tert-OH is 1. The molecule has 0 spiro atoms. The second-order valence-corrected chi connectivity index (χ2v) is 15.3. The molecule has 0 radical (unpaired) electrons. The van der Waals surface area contributed by atoms with Crippen LogP contribution in [0.25, 0.3) is 0 Å². The molecular formula is C32H50O3. The first-order valence-electron chi connectivity index (χ1n) is 14.4. The summed E-state index contributed by atoms with van der Waals surface area (Å²) in [5, 5.41) is 10.9. The minimum absolute atomic E-state index is 0.0190. The van der Waals surface area contributed by atoms with Crippen molar-refractivity contribution >= 4 is 5.97 Å². The lowest BCUT2D eigenvalue weighted by atomic mass is 9.35. The van der Waals surface area contributed by atoms with E-state index in [0.29, 0.717) is 18.4 Å². The maximum absolute atomic E-state index is 11.6. The zero-order chi connectivity index (χ0) is 25.7. The Morgan fingerprint density at radius 1 is 0.971 bits per heavy atom. The molecule has 0 heterocycles. The molecule has 0 aromatic carbocycles. The average Bonchev–Trinajstić information content (AvgIpc) is 2.77. The SMILES string of the molecule is CC(=O)OC[C@@]1(C)CC[C@]2(C)CC[C@]3(C)C(=C2C1)C=C[C@@H]1[C@@]2(C)CC[C@H](O)C(C)(C)[C@@H]2CC[C@]13C. The van der Waals surface area contributed by atoms with Crippen LogP contribution in [-0.4, -0.2) is 23.8 Å². The molecule has 0 bridgehead atoms. The van der Waals surface area contributed by atoms with E-state index in [1.165, 1.54) is 39.0 Å². The molecule has 5 aliphatic carbocycles. The van der Waals surface area contributed by atoms with Gasteiger partial charge in [0, 0.05) is 12.3 Å². The molecule has 0 amide bonds. The van der Waals surface area contributed by atoms with Crippen LogP contribution in [0.15, 0.2) is 23.3 Å². The molecule has 3 heteroatoms. The third-order valence-corrected chi connectivity index (χ3v) is 12.9. The first-order valence-corrected chi connectivity index (χ1v) is 14.4. The van der Waals surface area contributed by atoms with Crippen LogP contribution in [-0.2, 0) is 9.53 Å². The van der Waals surface area contributed by atoms with Gasteiger partial charge in [-0.2, -0.15) is 0 Å². The van der Waals surface area contributed by atoms with Gasteiger partial charge in [0.1, 0.15) is 0 Å². The van der Waals surface area contributed by atoms with Crippen molar-refractivity contribution in [2.24, 2.45) is 44.3 Å². The molecule has 0 aromatic heterocycles. The molecule has 3 nitrogen and oxygen atoms in total. The lowest BCUT2D eigenvalue weighted by Gasteiger charge is -2.69. The summed E-state index contributed by atoms with van der Waals surface area (Å²) in [6.45, 7) is 19.3. The summed E-state index contributed by atoms with van der Waals surface area (Å²) in [7, 11) is 0. The van der Waals surface area contributed by atoms with Gasteiger partial charge in [-0.25, -0.2) is 0 Å². The molecule has 8 atom stereocenters. The Hall–Kier alpha value is -1.09.